The maximum absolute atomic E-state index is 13.1. The van der Waals surface area contributed by atoms with Crippen molar-refractivity contribution in [1.29, 1.82) is 0 Å². The third kappa shape index (κ3) is 2.59. The van der Waals surface area contributed by atoms with Crippen LogP contribution in [-0.2, 0) is 16.0 Å². The predicted octanol–water partition coefficient (Wildman–Crippen LogP) is 3.43. The smallest absolute Gasteiger partial charge is 0.339 e. The number of hydrogen-bond acceptors (Lipinski definition) is 5. The Balaban J connectivity index is 1.67. The van der Waals surface area contributed by atoms with Gasteiger partial charge in [0.05, 0.1) is 15.8 Å². The van der Waals surface area contributed by atoms with E-state index in [4.69, 9.17) is 4.74 Å². The van der Waals surface area contributed by atoms with Crippen molar-refractivity contribution in [2.75, 3.05) is 11.9 Å². The summed E-state index contributed by atoms with van der Waals surface area (Å²) in [5.41, 5.74) is 0.957. The molecule has 0 N–H and O–H groups in total. The minimum atomic E-state index is -1.24. The molecule has 0 fully saturated rings. The largest absolute Gasteiger partial charge is 0.445 e. The van der Waals surface area contributed by atoms with Crippen molar-refractivity contribution in [1.82, 2.24) is 4.98 Å². The van der Waals surface area contributed by atoms with Gasteiger partial charge < -0.3 is 4.74 Å². The Hall–Kier alpha value is -2.73. The van der Waals surface area contributed by atoms with Crippen molar-refractivity contribution in [3.8, 4) is 0 Å². The molecule has 1 unspecified atom stereocenters. The summed E-state index contributed by atoms with van der Waals surface area (Å²) in [5.74, 6) is -0.746. The zero-order valence-corrected chi connectivity index (χ0v) is 14.7. The first-order valence-electron chi connectivity index (χ1n) is 7.93. The fraction of sp³-hybridized carbons (Fsp3) is 0.211. The SMILES string of the molecule is CN(C(=O)C1(C)Cc2ccccc2C(=O)O1)c1nc2ccccc2s1. The van der Waals surface area contributed by atoms with E-state index in [1.807, 2.05) is 36.4 Å². The normalized spacial score (nSPS) is 19.4. The van der Waals surface area contributed by atoms with E-state index in [1.54, 1.807) is 26.1 Å². The quantitative estimate of drug-likeness (QED) is 0.663. The van der Waals surface area contributed by atoms with Crippen LogP contribution in [0.25, 0.3) is 10.2 Å². The third-order valence-electron chi connectivity index (χ3n) is 4.41. The number of rotatable bonds is 2. The van der Waals surface area contributed by atoms with Crippen LogP contribution in [0.15, 0.2) is 48.5 Å². The summed E-state index contributed by atoms with van der Waals surface area (Å²) in [7, 11) is 1.67. The molecule has 126 valence electrons. The molecule has 1 aliphatic rings. The highest BCUT2D eigenvalue weighted by Gasteiger charge is 2.44. The van der Waals surface area contributed by atoms with Crippen molar-refractivity contribution in [2.24, 2.45) is 0 Å². The molecule has 1 aromatic heterocycles. The van der Waals surface area contributed by atoms with E-state index in [-0.39, 0.29) is 5.91 Å². The van der Waals surface area contributed by atoms with Crippen LogP contribution in [0.5, 0.6) is 0 Å². The van der Waals surface area contributed by atoms with Crippen molar-refractivity contribution in [3.05, 3.63) is 59.7 Å². The number of para-hydroxylation sites is 1. The summed E-state index contributed by atoms with van der Waals surface area (Å²) in [4.78, 5) is 31.4. The zero-order chi connectivity index (χ0) is 17.6. The number of aromatic nitrogens is 1. The van der Waals surface area contributed by atoms with Gasteiger partial charge in [-0.3, -0.25) is 9.69 Å². The van der Waals surface area contributed by atoms with Gasteiger partial charge in [-0.25, -0.2) is 9.78 Å². The second-order valence-electron chi connectivity index (χ2n) is 6.28. The Morgan fingerprint density at radius 1 is 1.20 bits per heavy atom. The van der Waals surface area contributed by atoms with Gasteiger partial charge in [0.25, 0.3) is 5.91 Å². The molecule has 2 heterocycles. The van der Waals surface area contributed by atoms with Crippen molar-refractivity contribution < 1.29 is 14.3 Å². The minimum absolute atomic E-state index is 0.283. The second kappa shape index (κ2) is 5.67. The van der Waals surface area contributed by atoms with Crippen LogP contribution in [0.2, 0.25) is 0 Å². The van der Waals surface area contributed by atoms with Gasteiger partial charge in [-0.05, 0) is 30.7 Å². The van der Waals surface area contributed by atoms with Crippen LogP contribution in [0.3, 0.4) is 0 Å². The molecular weight excluding hydrogens is 336 g/mol. The van der Waals surface area contributed by atoms with Crippen LogP contribution >= 0.6 is 11.3 Å². The number of benzene rings is 2. The number of amides is 1. The van der Waals surface area contributed by atoms with E-state index in [2.05, 4.69) is 4.98 Å². The summed E-state index contributed by atoms with van der Waals surface area (Å²) in [6.45, 7) is 1.66. The van der Waals surface area contributed by atoms with E-state index >= 15 is 0 Å². The number of nitrogens with zero attached hydrogens (tertiary/aromatic N) is 2. The molecule has 0 radical (unpaired) electrons. The number of ether oxygens (including phenoxy) is 1. The average molecular weight is 352 g/mol. The number of carbonyl (C=O) groups is 2. The third-order valence-corrected chi connectivity index (χ3v) is 5.52. The van der Waals surface area contributed by atoms with E-state index in [1.165, 1.54) is 16.2 Å². The summed E-state index contributed by atoms with van der Waals surface area (Å²) >= 11 is 1.44. The molecule has 1 amide bonds. The maximum Gasteiger partial charge on any atom is 0.339 e. The Labute approximate surface area is 148 Å². The van der Waals surface area contributed by atoms with E-state index in [0.29, 0.717) is 17.1 Å². The molecule has 25 heavy (non-hydrogen) atoms. The van der Waals surface area contributed by atoms with E-state index < -0.39 is 11.6 Å². The molecule has 0 saturated heterocycles. The highest BCUT2D eigenvalue weighted by atomic mass is 32.1. The Morgan fingerprint density at radius 2 is 1.92 bits per heavy atom. The number of thiazole rings is 1. The Bertz CT molecular complexity index is 964. The van der Waals surface area contributed by atoms with Gasteiger partial charge in [0.2, 0.25) is 0 Å². The van der Waals surface area contributed by atoms with E-state index in [9.17, 15) is 9.59 Å². The van der Waals surface area contributed by atoms with Gasteiger partial charge in [0.1, 0.15) is 0 Å². The fourth-order valence-corrected chi connectivity index (χ4v) is 4.02. The van der Waals surface area contributed by atoms with Gasteiger partial charge in [0, 0.05) is 13.5 Å². The van der Waals surface area contributed by atoms with Gasteiger partial charge in [0.15, 0.2) is 10.7 Å². The zero-order valence-electron chi connectivity index (χ0n) is 13.9. The number of anilines is 1. The summed E-state index contributed by atoms with van der Waals surface area (Å²) in [6, 6.07) is 15.0. The molecule has 5 nitrogen and oxygen atoms in total. The molecule has 0 saturated carbocycles. The fourth-order valence-electron chi connectivity index (χ4n) is 3.10. The number of cyclic esters (lactones) is 1. The lowest BCUT2D eigenvalue weighted by molar-refractivity contribution is -0.136. The van der Waals surface area contributed by atoms with Crippen LogP contribution in [0.1, 0.15) is 22.8 Å². The molecule has 1 atom stereocenters. The second-order valence-corrected chi connectivity index (χ2v) is 7.29. The average Bonchev–Trinajstić information content (AvgIpc) is 3.04. The Kier molecular flexibility index (Phi) is 3.58. The van der Waals surface area contributed by atoms with Crippen LogP contribution in [0, 0.1) is 0 Å². The molecule has 3 aromatic rings. The molecule has 0 aliphatic carbocycles. The summed E-state index contributed by atoms with van der Waals surface area (Å²) < 4.78 is 6.53. The highest BCUT2D eigenvalue weighted by Crippen LogP contribution is 2.33. The van der Waals surface area contributed by atoms with E-state index in [0.717, 1.165) is 15.8 Å². The molecule has 0 bridgehead atoms. The maximum atomic E-state index is 13.1. The monoisotopic (exact) mass is 352 g/mol. The van der Waals surface area contributed by atoms with Gasteiger partial charge in [-0.2, -0.15) is 0 Å². The topological polar surface area (TPSA) is 59.5 Å². The standard InChI is InChI=1S/C19H16N2O3S/c1-19(11-12-7-3-4-8-13(12)16(22)24-19)17(23)21(2)18-20-14-9-5-6-10-15(14)25-18/h3-10H,11H2,1-2H3. The molecule has 0 spiro atoms. The number of fused-ring (bicyclic) bond motifs is 2. The summed E-state index contributed by atoms with van der Waals surface area (Å²) in [6.07, 6.45) is 0.350. The predicted molar refractivity (Wildman–Crippen MR) is 97.0 cm³/mol. The van der Waals surface area contributed by atoms with Gasteiger partial charge >= 0.3 is 5.97 Å². The Morgan fingerprint density at radius 3 is 2.72 bits per heavy atom. The number of carbonyl (C=O) groups excluding carboxylic acids is 2. The van der Waals surface area contributed by atoms with Crippen molar-refractivity contribution in [2.45, 2.75) is 18.9 Å². The molecule has 4 rings (SSSR count). The lowest BCUT2D eigenvalue weighted by Gasteiger charge is -2.35. The first kappa shape index (κ1) is 15.8. The number of esters is 1. The lowest BCUT2D eigenvalue weighted by Crippen LogP contribution is -2.52. The number of likely N-dealkylation sites (N-methyl/N-ethyl adjacent to an activating group) is 1. The first-order chi connectivity index (χ1) is 12.0. The van der Waals surface area contributed by atoms with Gasteiger partial charge in [-0.15, -0.1) is 0 Å². The van der Waals surface area contributed by atoms with Crippen molar-refractivity contribution >= 4 is 38.6 Å². The van der Waals surface area contributed by atoms with Crippen LogP contribution < -0.4 is 4.90 Å². The molecule has 1 aliphatic heterocycles. The van der Waals surface area contributed by atoms with Crippen LogP contribution in [-0.4, -0.2) is 29.5 Å². The van der Waals surface area contributed by atoms with Crippen LogP contribution in [0.4, 0.5) is 5.13 Å². The van der Waals surface area contributed by atoms with Gasteiger partial charge in [-0.1, -0.05) is 41.7 Å². The minimum Gasteiger partial charge on any atom is -0.445 e. The number of hydrogen-bond donors (Lipinski definition) is 0. The molecule has 6 heteroatoms. The lowest BCUT2D eigenvalue weighted by atomic mass is 9.89. The van der Waals surface area contributed by atoms with Crippen molar-refractivity contribution in [3.63, 3.8) is 0 Å². The highest BCUT2D eigenvalue weighted by molar-refractivity contribution is 7.22. The summed E-state index contributed by atoms with van der Waals surface area (Å²) in [5, 5.41) is 0.585. The molecule has 2 aromatic carbocycles. The molecular formula is C19H16N2O3S. The first-order valence-corrected chi connectivity index (χ1v) is 8.74.